The van der Waals surface area contributed by atoms with E-state index in [4.69, 9.17) is 0 Å². The molecule has 2 heteroatoms. The Hall–Kier alpha value is 0.830. The molecule has 1 rings (SSSR count). The molecule has 0 nitrogen and oxygen atoms in total. The second-order valence-corrected chi connectivity index (χ2v) is 6.34. The highest BCUT2D eigenvalue weighted by Crippen LogP contribution is 2.34. The van der Waals surface area contributed by atoms with E-state index in [2.05, 4.69) is 34.6 Å². The van der Waals surface area contributed by atoms with Gasteiger partial charge in [-0.2, -0.15) is 11.8 Å². The lowest BCUT2D eigenvalue weighted by Crippen LogP contribution is -2.13. The third-order valence-corrected chi connectivity index (χ3v) is 5.15. The molecule has 1 fully saturated rings. The molecule has 0 spiro atoms. The maximum atomic E-state index is 3.69. The topological polar surface area (TPSA) is 0 Å². The van der Waals surface area contributed by atoms with Gasteiger partial charge in [0, 0.05) is 5.33 Å². The van der Waals surface area contributed by atoms with Crippen LogP contribution >= 0.6 is 27.7 Å². The van der Waals surface area contributed by atoms with Crippen molar-refractivity contribution in [2.75, 3.05) is 16.8 Å². The normalized spacial score (nSPS) is 20.1. The van der Waals surface area contributed by atoms with Crippen molar-refractivity contribution in [2.24, 2.45) is 11.8 Å². The quantitative estimate of drug-likeness (QED) is 0.480. The molecule has 0 saturated heterocycles. The van der Waals surface area contributed by atoms with Crippen molar-refractivity contribution in [2.45, 2.75) is 45.4 Å². The third kappa shape index (κ3) is 4.57. The largest absolute Gasteiger partial charge is 0.162 e. The fraction of sp³-hybridized carbons (Fsp3) is 1.00. The van der Waals surface area contributed by atoms with Gasteiger partial charge in [0.15, 0.2) is 0 Å². The summed E-state index contributed by atoms with van der Waals surface area (Å²) >= 11 is 5.78. The Labute approximate surface area is 102 Å². The summed E-state index contributed by atoms with van der Waals surface area (Å²) in [5.41, 5.74) is 0. The summed E-state index contributed by atoms with van der Waals surface area (Å²) in [7, 11) is 0. The maximum Gasteiger partial charge on any atom is 0.00623 e. The summed E-state index contributed by atoms with van der Waals surface area (Å²) in [5.74, 6) is 4.66. The fourth-order valence-electron chi connectivity index (χ4n) is 2.46. The summed E-state index contributed by atoms with van der Waals surface area (Å²) in [6, 6.07) is 0. The van der Waals surface area contributed by atoms with Gasteiger partial charge in [0.2, 0.25) is 0 Å². The van der Waals surface area contributed by atoms with Crippen LogP contribution in [0.1, 0.15) is 45.4 Å². The molecular weight excluding hydrogens is 256 g/mol. The molecule has 1 aliphatic carbocycles. The van der Waals surface area contributed by atoms with E-state index >= 15 is 0 Å². The molecule has 1 saturated carbocycles. The average Bonchev–Trinajstić information content (AvgIpc) is 2.71. The second kappa shape index (κ2) is 8.04. The first-order valence-corrected chi connectivity index (χ1v) is 8.29. The van der Waals surface area contributed by atoms with E-state index in [-0.39, 0.29) is 0 Å². The number of rotatable bonds is 7. The highest BCUT2D eigenvalue weighted by atomic mass is 79.9. The molecule has 0 heterocycles. The summed E-state index contributed by atoms with van der Waals surface area (Å²) in [6.45, 7) is 2.25. The molecule has 0 N–H and O–H groups in total. The van der Waals surface area contributed by atoms with Crippen LogP contribution in [0.5, 0.6) is 0 Å². The van der Waals surface area contributed by atoms with E-state index in [0.717, 1.165) is 11.8 Å². The Bertz CT molecular complexity index is 132. The molecule has 14 heavy (non-hydrogen) atoms. The molecule has 0 aliphatic heterocycles. The Morgan fingerprint density at radius 3 is 2.64 bits per heavy atom. The van der Waals surface area contributed by atoms with Crippen LogP contribution in [-0.4, -0.2) is 16.8 Å². The highest BCUT2D eigenvalue weighted by molar-refractivity contribution is 9.09. The van der Waals surface area contributed by atoms with Gasteiger partial charge in [0.25, 0.3) is 0 Å². The minimum Gasteiger partial charge on any atom is -0.162 e. The average molecular weight is 279 g/mol. The van der Waals surface area contributed by atoms with Crippen molar-refractivity contribution in [3.63, 3.8) is 0 Å². The SMILES string of the molecule is CCSCCCC(CBr)C1CCCC1. The standard InChI is InChI=1S/C12H23BrS/c1-2-14-9-5-8-12(10-13)11-6-3-4-7-11/h11-12H,2-10H2,1H3. The second-order valence-electron chi connectivity index (χ2n) is 4.30. The van der Waals surface area contributed by atoms with Crippen molar-refractivity contribution in [1.29, 1.82) is 0 Å². The lowest BCUT2D eigenvalue weighted by Gasteiger charge is -2.20. The molecule has 0 radical (unpaired) electrons. The maximum absolute atomic E-state index is 3.69. The number of thioether (sulfide) groups is 1. The van der Waals surface area contributed by atoms with Gasteiger partial charge in [-0.1, -0.05) is 48.5 Å². The van der Waals surface area contributed by atoms with Gasteiger partial charge in [0.05, 0.1) is 0 Å². The molecule has 0 aromatic heterocycles. The van der Waals surface area contributed by atoms with Crippen molar-refractivity contribution in [1.82, 2.24) is 0 Å². The first kappa shape index (κ1) is 12.9. The van der Waals surface area contributed by atoms with Crippen LogP contribution in [0.25, 0.3) is 0 Å². The Morgan fingerprint density at radius 1 is 1.36 bits per heavy atom. The zero-order valence-electron chi connectivity index (χ0n) is 9.30. The van der Waals surface area contributed by atoms with E-state index < -0.39 is 0 Å². The minimum absolute atomic E-state index is 0.968. The highest BCUT2D eigenvalue weighted by Gasteiger charge is 2.23. The van der Waals surface area contributed by atoms with Crippen LogP contribution in [0.4, 0.5) is 0 Å². The summed E-state index contributed by atoms with van der Waals surface area (Å²) in [4.78, 5) is 0. The summed E-state index contributed by atoms with van der Waals surface area (Å²) in [6.07, 6.45) is 8.83. The molecule has 0 aromatic rings. The Morgan fingerprint density at radius 2 is 2.07 bits per heavy atom. The fourth-order valence-corrected chi connectivity index (χ4v) is 3.97. The van der Waals surface area contributed by atoms with Crippen molar-refractivity contribution >= 4 is 27.7 Å². The van der Waals surface area contributed by atoms with Crippen molar-refractivity contribution in [3.05, 3.63) is 0 Å². The van der Waals surface area contributed by atoms with E-state index in [9.17, 15) is 0 Å². The van der Waals surface area contributed by atoms with Crippen LogP contribution in [0.15, 0.2) is 0 Å². The monoisotopic (exact) mass is 278 g/mol. The molecular formula is C12H23BrS. The molecule has 1 unspecified atom stereocenters. The minimum atomic E-state index is 0.968. The van der Waals surface area contributed by atoms with Gasteiger partial charge >= 0.3 is 0 Å². The molecule has 1 atom stereocenters. The third-order valence-electron chi connectivity index (χ3n) is 3.33. The van der Waals surface area contributed by atoms with Crippen LogP contribution in [0.2, 0.25) is 0 Å². The zero-order chi connectivity index (χ0) is 10.2. The Balaban J connectivity index is 2.11. The van der Waals surface area contributed by atoms with Gasteiger partial charge in [-0.15, -0.1) is 0 Å². The van der Waals surface area contributed by atoms with Crippen LogP contribution in [0.3, 0.4) is 0 Å². The number of halogens is 1. The predicted octanol–water partition coefficient (Wildman–Crippen LogP) is 4.72. The molecule has 0 aromatic carbocycles. The first-order valence-electron chi connectivity index (χ1n) is 6.02. The van der Waals surface area contributed by atoms with E-state index in [1.807, 2.05) is 0 Å². The predicted molar refractivity (Wildman–Crippen MR) is 71.5 cm³/mol. The lowest BCUT2D eigenvalue weighted by molar-refractivity contribution is 0.352. The van der Waals surface area contributed by atoms with E-state index in [0.29, 0.717) is 0 Å². The van der Waals surface area contributed by atoms with Crippen molar-refractivity contribution in [3.8, 4) is 0 Å². The summed E-state index contributed by atoms with van der Waals surface area (Å²) < 4.78 is 0. The smallest absolute Gasteiger partial charge is 0.00623 e. The number of hydrogen-bond donors (Lipinski definition) is 0. The lowest BCUT2D eigenvalue weighted by atomic mass is 9.89. The number of alkyl halides is 1. The van der Waals surface area contributed by atoms with Gasteiger partial charge in [-0.05, 0) is 36.2 Å². The van der Waals surface area contributed by atoms with E-state index in [1.165, 1.54) is 55.4 Å². The van der Waals surface area contributed by atoms with Crippen molar-refractivity contribution < 1.29 is 0 Å². The number of hydrogen-bond acceptors (Lipinski definition) is 1. The van der Waals surface area contributed by atoms with E-state index in [1.54, 1.807) is 0 Å². The van der Waals surface area contributed by atoms with Crippen LogP contribution in [-0.2, 0) is 0 Å². The molecule has 1 aliphatic rings. The van der Waals surface area contributed by atoms with Gasteiger partial charge < -0.3 is 0 Å². The summed E-state index contributed by atoms with van der Waals surface area (Å²) in [5, 5.41) is 1.23. The van der Waals surface area contributed by atoms with Gasteiger partial charge in [-0.25, -0.2) is 0 Å². The Kier molecular flexibility index (Phi) is 7.40. The zero-order valence-corrected chi connectivity index (χ0v) is 11.7. The molecule has 0 bridgehead atoms. The van der Waals surface area contributed by atoms with Gasteiger partial charge in [-0.3, -0.25) is 0 Å². The van der Waals surface area contributed by atoms with Gasteiger partial charge in [0.1, 0.15) is 0 Å². The first-order chi connectivity index (χ1) is 6.88. The molecule has 0 amide bonds. The van der Waals surface area contributed by atoms with Crippen LogP contribution in [0, 0.1) is 11.8 Å². The molecule has 84 valence electrons. The van der Waals surface area contributed by atoms with Crippen LogP contribution < -0.4 is 0 Å².